The number of aliphatic hydroxyl groups is 1. The van der Waals surface area contributed by atoms with E-state index in [1.165, 1.54) is 11.1 Å². The Balaban J connectivity index is 1.75. The summed E-state index contributed by atoms with van der Waals surface area (Å²) in [7, 11) is 0. The summed E-state index contributed by atoms with van der Waals surface area (Å²) in [4.78, 5) is 2.21. The number of aliphatic hydroxyl groups excluding tert-OH is 1. The topological polar surface area (TPSA) is 41.9 Å². The number of morpholine rings is 1. The summed E-state index contributed by atoms with van der Waals surface area (Å²) in [6.07, 6.45) is -0.459. The monoisotopic (exact) mass is 265 g/mol. The fourth-order valence-corrected chi connectivity index (χ4v) is 2.13. The summed E-state index contributed by atoms with van der Waals surface area (Å²) >= 11 is 0. The van der Waals surface area contributed by atoms with Crippen LogP contribution in [0.1, 0.15) is 11.1 Å². The minimum Gasteiger partial charge on any atom is -0.491 e. The average Bonchev–Trinajstić information content (AvgIpc) is 2.41. The van der Waals surface area contributed by atoms with E-state index in [-0.39, 0.29) is 0 Å². The number of ether oxygens (including phenoxy) is 2. The first-order chi connectivity index (χ1) is 9.15. The molecule has 1 aliphatic rings. The van der Waals surface area contributed by atoms with Gasteiger partial charge in [0.15, 0.2) is 0 Å². The fraction of sp³-hybridized carbons (Fsp3) is 0.600. The molecule has 0 saturated carbocycles. The van der Waals surface area contributed by atoms with Gasteiger partial charge < -0.3 is 14.6 Å². The lowest BCUT2D eigenvalue weighted by Crippen LogP contribution is -2.42. The van der Waals surface area contributed by atoms with Crippen molar-refractivity contribution in [3.8, 4) is 5.75 Å². The van der Waals surface area contributed by atoms with Crippen molar-refractivity contribution < 1.29 is 14.6 Å². The lowest BCUT2D eigenvalue weighted by Gasteiger charge is -2.28. The first kappa shape index (κ1) is 14.3. The summed E-state index contributed by atoms with van der Waals surface area (Å²) < 4.78 is 10.9. The molecule has 0 aliphatic carbocycles. The molecule has 4 nitrogen and oxygen atoms in total. The molecular formula is C15H23NO3. The van der Waals surface area contributed by atoms with E-state index >= 15 is 0 Å². The van der Waals surface area contributed by atoms with Gasteiger partial charge in [-0.15, -0.1) is 0 Å². The molecule has 0 amide bonds. The van der Waals surface area contributed by atoms with Gasteiger partial charge in [-0.1, -0.05) is 6.07 Å². The van der Waals surface area contributed by atoms with Crippen molar-refractivity contribution in [3.63, 3.8) is 0 Å². The highest BCUT2D eigenvalue weighted by molar-refractivity contribution is 5.33. The Kier molecular flexibility index (Phi) is 5.19. The maximum atomic E-state index is 9.98. The molecule has 0 spiro atoms. The Morgan fingerprint density at radius 2 is 2.00 bits per heavy atom. The van der Waals surface area contributed by atoms with Gasteiger partial charge in [-0.05, 0) is 37.1 Å². The molecule has 4 heteroatoms. The standard InChI is InChI=1S/C15H23NO3/c1-12-3-4-15(9-13(12)2)19-11-14(17)10-16-5-7-18-8-6-16/h3-4,9,14,17H,5-8,10-11H2,1-2H3/t14-/m1/s1. The van der Waals surface area contributed by atoms with Crippen LogP contribution in [0.5, 0.6) is 5.75 Å². The fourth-order valence-electron chi connectivity index (χ4n) is 2.13. The van der Waals surface area contributed by atoms with E-state index in [4.69, 9.17) is 9.47 Å². The molecule has 0 aromatic heterocycles. The van der Waals surface area contributed by atoms with Crippen molar-refractivity contribution in [2.45, 2.75) is 20.0 Å². The molecule has 2 rings (SSSR count). The van der Waals surface area contributed by atoms with E-state index in [1.54, 1.807) is 0 Å². The second kappa shape index (κ2) is 6.89. The Morgan fingerprint density at radius 1 is 1.26 bits per heavy atom. The van der Waals surface area contributed by atoms with E-state index in [9.17, 15) is 5.11 Å². The summed E-state index contributed by atoms with van der Waals surface area (Å²) in [5.41, 5.74) is 2.46. The number of hydrogen-bond acceptors (Lipinski definition) is 4. The number of rotatable bonds is 5. The van der Waals surface area contributed by atoms with Crippen molar-refractivity contribution in [1.82, 2.24) is 4.90 Å². The third-order valence-electron chi connectivity index (χ3n) is 3.49. The molecule has 1 saturated heterocycles. The quantitative estimate of drug-likeness (QED) is 0.873. The zero-order valence-electron chi connectivity index (χ0n) is 11.8. The van der Waals surface area contributed by atoms with Crippen LogP contribution in [-0.4, -0.2) is 55.6 Å². The van der Waals surface area contributed by atoms with Crippen LogP contribution in [-0.2, 0) is 4.74 Å². The van der Waals surface area contributed by atoms with Crippen molar-refractivity contribution in [1.29, 1.82) is 0 Å². The van der Waals surface area contributed by atoms with Gasteiger partial charge in [0.2, 0.25) is 0 Å². The SMILES string of the molecule is Cc1ccc(OC[C@H](O)CN2CCOCC2)cc1C. The summed E-state index contributed by atoms with van der Waals surface area (Å²) in [5.74, 6) is 0.823. The van der Waals surface area contributed by atoms with E-state index in [0.29, 0.717) is 13.2 Å². The van der Waals surface area contributed by atoms with Crippen LogP contribution in [0, 0.1) is 13.8 Å². The first-order valence-corrected chi connectivity index (χ1v) is 6.83. The largest absolute Gasteiger partial charge is 0.491 e. The zero-order chi connectivity index (χ0) is 13.7. The normalized spacial score (nSPS) is 18.3. The van der Waals surface area contributed by atoms with Crippen LogP contribution in [0.15, 0.2) is 18.2 Å². The predicted molar refractivity (Wildman–Crippen MR) is 74.7 cm³/mol. The maximum Gasteiger partial charge on any atom is 0.119 e. The number of nitrogens with zero attached hydrogens (tertiary/aromatic N) is 1. The summed E-state index contributed by atoms with van der Waals surface area (Å²) in [6, 6.07) is 6.00. The zero-order valence-corrected chi connectivity index (χ0v) is 11.8. The summed E-state index contributed by atoms with van der Waals surface area (Å²) in [5, 5.41) is 9.98. The first-order valence-electron chi connectivity index (χ1n) is 6.83. The number of aryl methyl sites for hydroxylation is 2. The number of benzene rings is 1. The van der Waals surface area contributed by atoms with Crippen molar-refractivity contribution in [2.24, 2.45) is 0 Å². The maximum absolute atomic E-state index is 9.98. The van der Waals surface area contributed by atoms with Crippen LogP contribution in [0.3, 0.4) is 0 Å². The lowest BCUT2D eigenvalue weighted by molar-refractivity contribution is 0.00465. The number of hydrogen-bond donors (Lipinski definition) is 1. The highest BCUT2D eigenvalue weighted by Gasteiger charge is 2.15. The molecule has 1 aliphatic heterocycles. The molecule has 0 unspecified atom stereocenters. The highest BCUT2D eigenvalue weighted by Crippen LogP contribution is 2.16. The van der Waals surface area contributed by atoms with Crippen LogP contribution < -0.4 is 4.74 Å². The van der Waals surface area contributed by atoms with Gasteiger partial charge in [-0.2, -0.15) is 0 Å². The van der Waals surface area contributed by atoms with Crippen LogP contribution >= 0.6 is 0 Å². The van der Waals surface area contributed by atoms with E-state index in [1.807, 2.05) is 18.2 Å². The Labute approximate surface area is 114 Å². The van der Waals surface area contributed by atoms with Crippen molar-refractivity contribution in [2.75, 3.05) is 39.5 Å². The van der Waals surface area contributed by atoms with Gasteiger partial charge in [0.05, 0.1) is 13.2 Å². The molecule has 1 aromatic carbocycles. The van der Waals surface area contributed by atoms with E-state index in [2.05, 4.69) is 18.7 Å². The van der Waals surface area contributed by atoms with Gasteiger partial charge in [-0.3, -0.25) is 4.90 Å². The van der Waals surface area contributed by atoms with Crippen LogP contribution in [0.4, 0.5) is 0 Å². The molecule has 0 radical (unpaired) electrons. The molecule has 106 valence electrons. The van der Waals surface area contributed by atoms with Crippen molar-refractivity contribution in [3.05, 3.63) is 29.3 Å². The van der Waals surface area contributed by atoms with Gasteiger partial charge in [-0.25, -0.2) is 0 Å². The molecule has 19 heavy (non-hydrogen) atoms. The smallest absolute Gasteiger partial charge is 0.119 e. The van der Waals surface area contributed by atoms with Crippen LogP contribution in [0.2, 0.25) is 0 Å². The van der Waals surface area contributed by atoms with Gasteiger partial charge in [0, 0.05) is 19.6 Å². The van der Waals surface area contributed by atoms with Crippen molar-refractivity contribution >= 4 is 0 Å². The Bertz CT molecular complexity index is 402. The van der Waals surface area contributed by atoms with Gasteiger partial charge in [0.25, 0.3) is 0 Å². The second-order valence-electron chi connectivity index (χ2n) is 5.12. The van der Waals surface area contributed by atoms with Gasteiger partial charge in [0.1, 0.15) is 18.5 Å². The van der Waals surface area contributed by atoms with Crippen LogP contribution in [0.25, 0.3) is 0 Å². The predicted octanol–water partition coefficient (Wildman–Crippen LogP) is 1.38. The molecule has 1 aromatic rings. The molecule has 1 N–H and O–H groups in total. The minimum absolute atomic E-state index is 0.333. The Morgan fingerprint density at radius 3 is 2.68 bits per heavy atom. The lowest BCUT2D eigenvalue weighted by atomic mass is 10.1. The molecule has 1 fully saturated rings. The highest BCUT2D eigenvalue weighted by atomic mass is 16.5. The third-order valence-corrected chi connectivity index (χ3v) is 3.49. The van der Waals surface area contributed by atoms with E-state index in [0.717, 1.165) is 32.1 Å². The molecular weight excluding hydrogens is 242 g/mol. The number of β-amino-alcohol motifs (C(OH)–C–C–N with tert-alkyl or cyclic N) is 1. The summed E-state index contributed by atoms with van der Waals surface area (Å²) in [6.45, 7) is 8.41. The van der Waals surface area contributed by atoms with Gasteiger partial charge >= 0.3 is 0 Å². The average molecular weight is 265 g/mol. The second-order valence-corrected chi connectivity index (χ2v) is 5.12. The van der Waals surface area contributed by atoms with E-state index < -0.39 is 6.10 Å². The minimum atomic E-state index is -0.459. The molecule has 1 heterocycles. The Hall–Kier alpha value is -1.10. The molecule has 0 bridgehead atoms. The molecule has 1 atom stereocenters. The third kappa shape index (κ3) is 4.49.